The quantitative estimate of drug-likeness (QED) is 0.755. The number of nitrogens with zero attached hydrogens (tertiary/aromatic N) is 3. The van der Waals surface area contributed by atoms with Crippen molar-refractivity contribution in [1.82, 2.24) is 19.8 Å². The van der Waals surface area contributed by atoms with E-state index in [0.717, 1.165) is 18.8 Å². The molecule has 2 fully saturated rings. The fourth-order valence-corrected chi connectivity index (χ4v) is 3.76. The highest BCUT2D eigenvalue weighted by atomic mass is 16.5. The summed E-state index contributed by atoms with van der Waals surface area (Å²) < 4.78 is 6.99. The van der Waals surface area contributed by atoms with Crippen LogP contribution in [-0.2, 0) is 27.3 Å². The Balaban J connectivity index is 1.53. The summed E-state index contributed by atoms with van der Waals surface area (Å²) in [5.74, 6) is 2.08. The number of methoxy groups -OCH3 is 1. The average molecular weight is 348 g/mol. The van der Waals surface area contributed by atoms with E-state index in [-0.39, 0.29) is 24.5 Å². The van der Waals surface area contributed by atoms with Gasteiger partial charge in [-0.3, -0.25) is 9.59 Å². The van der Waals surface area contributed by atoms with Crippen molar-refractivity contribution in [2.45, 2.75) is 45.2 Å². The lowest BCUT2D eigenvalue weighted by Gasteiger charge is -2.19. The van der Waals surface area contributed by atoms with Crippen LogP contribution in [0.1, 0.15) is 32.0 Å². The highest BCUT2D eigenvalue weighted by Gasteiger charge is 2.44. The van der Waals surface area contributed by atoms with Crippen molar-refractivity contribution in [2.24, 2.45) is 11.8 Å². The topological polar surface area (TPSA) is 76.5 Å². The zero-order valence-electron chi connectivity index (χ0n) is 15.1. The minimum Gasteiger partial charge on any atom is -0.375 e. The van der Waals surface area contributed by atoms with Crippen LogP contribution in [0.5, 0.6) is 0 Å². The summed E-state index contributed by atoms with van der Waals surface area (Å²) in [4.78, 5) is 30.6. The summed E-state index contributed by atoms with van der Waals surface area (Å²) in [6.45, 7) is 4.14. The van der Waals surface area contributed by atoms with Gasteiger partial charge in [0.15, 0.2) is 0 Å². The molecule has 7 nitrogen and oxygen atoms in total. The van der Waals surface area contributed by atoms with Gasteiger partial charge in [0.05, 0.1) is 6.04 Å². The summed E-state index contributed by atoms with van der Waals surface area (Å²) in [6.07, 6.45) is 7.40. The molecule has 1 aromatic heterocycles. The number of imidazole rings is 1. The molecule has 7 heteroatoms. The Morgan fingerprint density at radius 3 is 2.84 bits per heavy atom. The van der Waals surface area contributed by atoms with Crippen molar-refractivity contribution in [3.63, 3.8) is 0 Å². The Kier molecular flexibility index (Phi) is 5.73. The van der Waals surface area contributed by atoms with Gasteiger partial charge in [-0.25, -0.2) is 4.98 Å². The number of carbonyl (C=O) groups excluding carboxylic acids is 2. The Morgan fingerprint density at radius 1 is 1.36 bits per heavy atom. The molecule has 2 aliphatic rings. The van der Waals surface area contributed by atoms with Crippen LogP contribution < -0.4 is 5.32 Å². The molecule has 0 aromatic carbocycles. The maximum Gasteiger partial charge on any atom is 0.248 e. The van der Waals surface area contributed by atoms with Gasteiger partial charge in [-0.05, 0) is 18.8 Å². The van der Waals surface area contributed by atoms with Gasteiger partial charge in [0.1, 0.15) is 12.4 Å². The molecule has 1 aliphatic carbocycles. The molecule has 2 atom stereocenters. The first-order chi connectivity index (χ1) is 12.1. The molecule has 1 N–H and O–H groups in total. The lowest BCUT2D eigenvalue weighted by molar-refractivity contribution is -0.134. The number of carbonyl (C=O) groups is 2. The second-order valence-corrected chi connectivity index (χ2v) is 7.05. The molecular formula is C18H28N4O3. The first kappa shape index (κ1) is 17.9. The van der Waals surface area contributed by atoms with E-state index in [1.54, 1.807) is 6.20 Å². The van der Waals surface area contributed by atoms with Gasteiger partial charge in [-0.15, -0.1) is 0 Å². The van der Waals surface area contributed by atoms with Crippen LogP contribution in [0.25, 0.3) is 0 Å². The lowest BCUT2D eigenvalue weighted by Crippen LogP contribution is -2.42. The predicted molar refractivity (Wildman–Crippen MR) is 92.8 cm³/mol. The van der Waals surface area contributed by atoms with Crippen LogP contribution in [0.4, 0.5) is 0 Å². The molecule has 138 valence electrons. The zero-order chi connectivity index (χ0) is 17.8. The first-order valence-electron chi connectivity index (χ1n) is 9.18. The van der Waals surface area contributed by atoms with Crippen molar-refractivity contribution in [3.8, 4) is 0 Å². The fourth-order valence-electron chi connectivity index (χ4n) is 3.76. The highest BCUT2D eigenvalue weighted by Crippen LogP contribution is 2.41. The van der Waals surface area contributed by atoms with E-state index in [4.69, 9.17) is 4.74 Å². The normalized spacial score (nSPS) is 23.0. The molecule has 1 aliphatic heterocycles. The van der Waals surface area contributed by atoms with Crippen LogP contribution in [-0.4, -0.2) is 59.1 Å². The third kappa shape index (κ3) is 4.39. The van der Waals surface area contributed by atoms with Gasteiger partial charge in [-0.2, -0.15) is 0 Å². The number of rotatable bonds is 8. The monoisotopic (exact) mass is 348 g/mol. The van der Waals surface area contributed by atoms with Crippen LogP contribution in [0.15, 0.2) is 12.4 Å². The Bertz CT molecular complexity index is 611. The average Bonchev–Trinajstić information content (AvgIpc) is 3.19. The largest absolute Gasteiger partial charge is 0.375 e. The second-order valence-electron chi connectivity index (χ2n) is 7.05. The minimum atomic E-state index is 0.0101. The fraction of sp³-hybridized carbons (Fsp3) is 0.722. The predicted octanol–water partition coefficient (Wildman–Crippen LogP) is 0.835. The SMILES string of the molecule is CCc1nccn1CCC(=O)N[C@@H]1CN(C(=O)COC)C[C@H]1C1CC1. The molecule has 1 saturated carbocycles. The number of aryl methyl sites for hydroxylation is 2. The molecule has 1 aromatic rings. The van der Waals surface area contributed by atoms with Gasteiger partial charge < -0.3 is 19.5 Å². The van der Waals surface area contributed by atoms with Crippen LogP contribution in [0.3, 0.4) is 0 Å². The van der Waals surface area contributed by atoms with E-state index in [2.05, 4.69) is 17.2 Å². The van der Waals surface area contributed by atoms with Gasteiger partial charge in [0.2, 0.25) is 11.8 Å². The first-order valence-corrected chi connectivity index (χ1v) is 9.18. The highest BCUT2D eigenvalue weighted by molar-refractivity contribution is 5.79. The lowest BCUT2D eigenvalue weighted by atomic mass is 9.98. The third-order valence-electron chi connectivity index (χ3n) is 5.26. The Morgan fingerprint density at radius 2 is 2.16 bits per heavy atom. The number of ether oxygens (including phenoxy) is 1. The van der Waals surface area contributed by atoms with Crippen LogP contribution in [0, 0.1) is 11.8 Å². The summed E-state index contributed by atoms with van der Waals surface area (Å²) >= 11 is 0. The minimum absolute atomic E-state index is 0.0101. The molecule has 1 saturated heterocycles. The molecule has 3 rings (SSSR count). The molecule has 0 spiro atoms. The summed E-state index contributed by atoms with van der Waals surface area (Å²) in [5.41, 5.74) is 0. The molecular weight excluding hydrogens is 320 g/mol. The van der Waals surface area contributed by atoms with E-state index in [9.17, 15) is 9.59 Å². The van der Waals surface area contributed by atoms with Crippen LogP contribution in [0.2, 0.25) is 0 Å². The van der Waals surface area contributed by atoms with E-state index < -0.39 is 0 Å². The number of hydrogen-bond acceptors (Lipinski definition) is 4. The third-order valence-corrected chi connectivity index (χ3v) is 5.26. The van der Waals surface area contributed by atoms with Crippen molar-refractivity contribution >= 4 is 11.8 Å². The van der Waals surface area contributed by atoms with Crippen LogP contribution >= 0.6 is 0 Å². The maximum atomic E-state index is 12.4. The second kappa shape index (κ2) is 7.99. The van der Waals surface area contributed by atoms with Crippen molar-refractivity contribution in [2.75, 3.05) is 26.8 Å². The molecule has 25 heavy (non-hydrogen) atoms. The Hall–Kier alpha value is -1.89. The van der Waals surface area contributed by atoms with Crippen molar-refractivity contribution in [1.29, 1.82) is 0 Å². The smallest absolute Gasteiger partial charge is 0.248 e. The van der Waals surface area contributed by atoms with Crippen molar-refractivity contribution in [3.05, 3.63) is 18.2 Å². The van der Waals surface area contributed by atoms with E-state index in [1.165, 1.54) is 20.0 Å². The van der Waals surface area contributed by atoms with E-state index >= 15 is 0 Å². The number of nitrogens with one attached hydrogen (secondary N) is 1. The van der Waals surface area contributed by atoms with E-state index in [1.807, 2.05) is 15.7 Å². The number of amides is 2. The zero-order valence-corrected chi connectivity index (χ0v) is 15.1. The number of aromatic nitrogens is 2. The summed E-state index contributed by atoms with van der Waals surface area (Å²) in [7, 11) is 1.53. The number of hydrogen-bond donors (Lipinski definition) is 1. The maximum absolute atomic E-state index is 12.4. The molecule has 2 heterocycles. The standard InChI is InChI=1S/C18H28N4O3/c1-3-16-19-7-9-21(16)8-6-17(23)20-15-11-22(18(24)12-25-2)10-14(15)13-4-5-13/h7,9,13-15H,3-6,8,10-12H2,1-2H3,(H,20,23)/t14-,15+/m0/s1. The van der Waals surface area contributed by atoms with E-state index in [0.29, 0.717) is 31.3 Å². The summed E-state index contributed by atoms with van der Waals surface area (Å²) in [5, 5.41) is 3.17. The molecule has 0 unspecified atom stereocenters. The van der Waals surface area contributed by atoms with Gasteiger partial charge in [0, 0.05) is 57.9 Å². The molecule has 2 amide bonds. The van der Waals surface area contributed by atoms with Crippen molar-refractivity contribution < 1.29 is 14.3 Å². The van der Waals surface area contributed by atoms with Gasteiger partial charge in [0.25, 0.3) is 0 Å². The molecule has 0 radical (unpaired) electrons. The number of likely N-dealkylation sites (tertiary alicyclic amines) is 1. The van der Waals surface area contributed by atoms with Gasteiger partial charge >= 0.3 is 0 Å². The molecule has 0 bridgehead atoms. The van der Waals surface area contributed by atoms with Gasteiger partial charge in [-0.1, -0.05) is 6.92 Å². The Labute approximate surface area is 148 Å². The summed E-state index contributed by atoms with van der Waals surface area (Å²) in [6, 6.07) is 0.0641.